The maximum Gasteiger partial charge on any atom is 0.282 e. The molecule has 184 valence electrons. The van der Waals surface area contributed by atoms with Crippen molar-refractivity contribution >= 4 is 44.6 Å². The van der Waals surface area contributed by atoms with Crippen molar-refractivity contribution in [2.45, 2.75) is 33.1 Å². The first-order valence-electron chi connectivity index (χ1n) is 11.5. The molecule has 0 atom stereocenters. The van der Waals surface area contributed by atoms with Crippen LogP contribution in [-0.4, -0.2) is 28.4 Å². The zero-order chi connectivity index (χ0) is 25.9. The highest BCUT2D eigenvalue weighted by Crippen LogP contribution is 2.23. The van der Waals surface area contributed by atoms with E-state index in [-0.39, 0.29) is 18.1 Å². The largest absolute Gasteiger partial charge is 0.484 e. The van der Waals surface area contributed by atoms with Crippen molar-refractivity contribution in [3.63, 3.8) is 0 Å². The van der Waals surface area contributed by atoms with Gasteiger partial charge in [-0.3, -0.25) is 9.59 Å². The van der Waals surface area contributed by atoms with Gasteiger partial charge in [0.25, 0.3) is 11.5 Å². The predicted octanol–water partition coefficient (Wildman–Crippen LogP) is 5.66. The van der Waals surface area contributed by atoms with Gasteiger partial charge in [0.05, 0.1) is 17.1 Å². The smallest absolute Gasteiger partial charge is 0.282 e. The van der Waals surface area contributed by atoms with Gasteiger partial charge < -0.3 is 10.1 Å². The molecule has 36 heavy (non-hydrogen) atoms. The summed E-state index contributed by atoms with van der Waals surface area (Å²) in [5, 5.41) is 7.81. The van der Waals surface area contributed by atoms with Gasteiger partial charge in [0.15, 0.2) is 6.61 Å². The average Bonchev–Trinajstić information content (AvgIpc) is 2.84. The lowest BCUT2D eigenvalue weighted by Crippen LogP contribution is -2.29. The molecular formula is C28H27BrN4O3. The molecule has 0 spiro atoms. The summed E-state index contributed by atoms with van der Waals surface area (Å²) >= 11 is 3.42. The molecule has 0 aliphatic heterocycles. The maximum absolute atomic E-state index is 13.3. The van der Waals surface area contributed by atoms with Crippen molar-refractivity contribution in [2.75, 3.05) is 11.9 Å². The van der Waals surface area contributed by atoms with Crippen LogP contribution in [0, 0.1) is 6.92 Å². The van der Waals surface area contributed by atoms with Crippen molar-refractivity contribution in [2.24, 2.45) is 5.10 Å². The van der Waals surface area contributed by atoms with Gasteiger partial charge in [-0.15, -0.1) is 0 Å². The number of ether oxygens (including phenoxy) is 1. The lowest BCUT2D eigenvalue weighted by molar-refractivity contribution is -0.118. The van der Waals surface area contributed by atoms with E-state index in [0.717, 1.165) is 21.3 Å². The molecule has 0 fully saturated rings. The monoisotopic (exact) mass is 546 g/mol. The third-order valence-corrected chi connectivity index (χ3v) is 5.96. The number of carbonyl (C=O) groups is 1. The van der Waals surface area contributed by atoms with Gasteiger partial charge >= 0.3 is 0 Å². The summed E-state index contributed by atoms with van der Waals surface area (Å²) in [5.74, 6) is 0.884. The topological polar surface area (TPSA) is 85.6 Å². The van der Waals surface area contributed by atoms with Crippen LogP contribution in [0.25, 0.3) is 10.9 Å². The van der Waals surface area contributed by atoms with Crippen LogP contribution in [0.1, 0.15) is 37.7 Å². The molecule has 7 nitrogen and oxygen atoms in total. The predicted molar refractivity (Wildman–Crippen MR) is 147 cm³/mol. The minimum absolute atomic E-state index is 0.107. The molecule has 0 saturated heterocycles. The number of para-hydroxylation sites is 1. The lowest BCUT2D eigenvalue weighted by Gasteiger charge is -2.20. The van der Waals surface area contributed by atoms with Gasteiger partial charge in [-0.1, -0.05) is 54.9 Å². The Balaban J connectivity index is 1.50. The average molecular weight is 547 g/mol. The van der Waals surface area contributed by atoms with E-state index in [0.29, 0.717) is 22.5 Å². The Morgan fingerprint density at radius 1 is 1.11 bits per heavy atom. The van der Waals surface area contributed by atoms with Crippen LogP contribution in [0.2, 0.25) is 0 Å². The highest BCUT2D eigenvalue weighted by molar-refractivity contribution is 9.10. The number of aryl methyl sites for hydroxylation is 1. The first-order chi connectivity index (χ1) is 17.1. The van der Waals surface area contributed by atoms with E-state index in [4.69, 9.17) is 9.72 Å². The molecule has 0 radical (unpaired) electrons. The first-order valence-corrected chi connectivity index (χ1v) is 12.3. The van der Waals surface area contributed by atoms with E-state index in [1.165, 1.54) is 4.68 Å². The molecule has 0 aliphatic carbocycles. The van der Waals surface area contributed by atoms with Crippen LogP contribution in [-0.2, 0) is 10.2 Å². The minimum atomic E-state index is -0.395. The minimum Gasteiger partial charge on any atom is -0.484 e. The highest BCUT2D eigenvalue weighted by Gasteiger charge is 2.22. The number of benzene rings is 3. The number of aromatic nitrogens is 2. The molecule has 3 aromatic carbocycles. The Labute approximate surface area is 218 Å². The van der Waals surface area contributed by atoms with Crippen LogP contribution < -0.4 is 15.6 Å². The number of carbonyl (C=O) groups excluding carboxylic acids is 1. The highest BCUT2D eigenvalue weighted by atomic mass is 79.9. The van der Waals surface area contributed by atoms with E-state index in [1.54, 1.807) is 24.4 Å². The maximum atomic E-state index is 13.3. The molecule has 4 rings (SSSR count). The molecule has 1 amide bonds. The second-order valence-corrected chi connectivity index (χ2v) is 10.3. The van der Waals surface area contributed by atoms with Gasteiger partial charge in [-0.25, -0.2) is 4.98 Å². The number of hydrogen-bond donors (Lipinski definition) is 1. The Hall–Kier alpha value is -3.78. The number of hydrogen-bond acceptors (Lipinski definition) is 5. The summed E-state index contributed by atoms with van der Waals surface area (Å²) in [4.78, 5) is 30.2. The van der Waals surface area contributed by atoms with Crippen LogP contribution in [0.3, 0.4) is 0 Å². The van der Waals surface area contributed by atoms with Gasteiger partial charge in [-0.05, 0) is 66.6 Å². The van der Waals surface area contributed by atoms with Gasteiger partial charge in [0.1, 0.15) is 11.6 Å². The van der Waals surface area contributed by atoms with Crippen LogP contribution >= 0.6 is 15.9 Å². The van der Waals surface area contributed by atoms with Crippen molar-refractivity contribution < 1.29 is 9.53 Å². The Morgan fingerprint density at radius 2 is 1.83 bits per heavy atom. The molecule has 0 bridgehead atoms. The fraction of sp³-hybridized carbons (Fsp3) is 0.214. The number of fused-ring (bicyclic) bond motifs is 1. The van der Waals surface area contributed by atoms with E-state index in [9.17, 15) is 9.59 Å². The normalized spacial score (nSPS) is 11.7. The summed E-state index contributed by atoms with van der Waals surface area (Å²) in [6.45, 7) is 7.80. The molecule has 0 saturated carbocycles. The SMILES string of the molecule is Cc1ccccc1NC(=O)COc1ccc(C=Nn2c(C(C)(C)C)nc3ccc(Br)cc3c2=O)cc1. The van der Waals surface area contributed by atoms with E-state index in [2.05, 4.69) is 26.3 Å². The molecule has 8 heteroatoms. The Morgan fingerprint density at radius 3 is 2.53 bits per heavy atom. The fourth-order valence-electron chi connectivity index (χ4n) is 3.56. The van der Waals surface area contributed by atoms with Gasteiger partial charge in [0.2, 0.25) is 0 Å². The second-order valence-electron chi connectivity index (χ2n) is 9.43. The third kappa shape index (κ3) is 5.88. The number of halogens is 1. The molecule has 1 aromatic heterocycles. The van der Waals surface area contributed by atoms with Gasteiger partial charge in [0, 0.05) is 15.6 Å². The van der Waals surface area contributed by atoms with E-state index < -0.39 is 5.41 Å². The summed E-state index contributed by atoms with van der Waals surface area (Å²) in [5.41, 5.74) is 2.52. The summed E-state index contributed by atoms with van der Waals surface area (Å²) in [6, 6.07) is 20.1. The number of rotatable bonds is 6. The van der Waals surface area contributed by atoms with Crippen molar-refractivity contribution in [1.82, 2.24) is 9.66 Å². The van der Waals surface area contributed by atoms with E-state index >= 15 is 0 Å². The summed E-state index contributed by atoms with van der Waals surface area (Å²) < 4.78 is 7.77. The Kier molecular flexibility index (Phi) is 7.35. The van der Waals surface area contributed by atoms with Gasteiger partial charge in [-0.2, -0.15) is 9.78 Å². The molecule has 0 unspecified atom stereocenters. The molecule has 4 aromatic rings. The zero-order valence-electron chi connectivity index (χ0n) is 20.6. The van der Waals surface area contributed by atoms with Crippen molar-refractivity contribution in [1.29, 1.82) is 0 Å². The molecular weight excluding hydrogens is 520 g/mol. The van der Waals surface area contributed by atoms with Crippen LogP contribution in [0.4, 0.5) is 5.69 Å². The standard InChI is InChI=1S/C28H27BrN4O3/c1-18-7-5-6-8-23(18)31-25(34)17-36-21-12-9-19(10-13-21)16-30-33-26(35)22-15-20(29)11-14-24(22)32-27(33)28(2,3)4/h5-16H,17H2,1-4H3,(H,31,34). The number of anilines is 1. The molecule has 1 N–H and O–H groups in total. The summed E-state index contributed by atoms with van der Waals surface area (Å²) in [6.07, 6.45) is 1.61. The Bertz CT molecular complexity index is 1500. The molecule has 1 heterocycles. The zero-order valence-corrected chi connectivity index (χ0v) is 22.2. The number of amides is 1. The fourth-order valence-corrected chi connectivity index (χ4v) is 3.93. The lowest BCUT2D eigenvalue weighted by atomic mass is 9.95. The number of nitrogens with one attached hydrogen (secondary N) is 1. The molecule has 0 aliphatic rings. The van der Waals surface area contributed by atoms with E-state index in [1.807, 2.05) is 76.2 Å². The first kappa shape index (κ1) is 25.3. The van der Waals surface area contributed by atoms with Crippen molar-refractivity contribution in [3.8, 4) is 5.75 Å². The quantitative estimate of drug-likeness (QED) is 0.316. The third-order valence-electron chi connectivity index (χ3n) is 5.47. The number of nitrogens with zero attached hydrogens (tertiary/aromatic N) is 3. The van der Waals surface area contributed by atoms with Crippen LogP contribution in [0.5, 0.6) is 5.75 Å². The van der Waals surface area contributed by atoms with Crippen molar-refractivity contribution in [3.05, 3.63) is 98.5 Å². The van der Waals surface area contributed by atoms with Crippen LogP contribution in [0.15, 0.2) is 81.1 Å². The summed E-state index contributed by atoms with van der Waals surface area (Å²) in [7, 11) is 0. The second kappa shape index (κ2) is 10.5.